The van der Waals surface area contributed by atoms with Gasteiger partial charge in [0.15, 0.2) is 0 Å². The molecule has 2 rings (SSSR count). The van der Waals surface area contributed by atoms with Gasteiger partial charge in [0.1, 0.15) is 6.54 Å². The average molecular weight is 319 g/mol. The van der Waals surface area contributed by atoms with E-state index in [1.54, 1.807) is 11.0 Å². The van der Waals surface area contributed by atoms with Gasteiger partial charge < -0.3 is 17.3 Å². The molecule has 0 spiro atoms. The van der Waals surface area contributed by atoms with Crippen LogP contribution in [0.5, 0.6) is 0 Å². The van der Waals surface area contributed by atoms with Crippen LogP contribution in [-0.2, 0) is 0 Å². The van der Waals surface area contributed by atoms with E-state index in [4.69, 9.17) is 23.2 Å². The molecule has 2 atom stereocenters. The second-order valence-electron chi connectivity index (χ2n) is 5.05. The van der Waals surface area contributed by atoms with Crippen LogP contribution in [0.2, 0.25) is 10.0 Å². The third kappa shape index (κ3) is 5.24. The Morgan fingerprint density at radius 1 is 1.37 bits per heavy atom. The number of quaternary nitrogens is 1. The second-order valence-corrected chi connectivity index (χ2v) is 5.90. The maximum Gasteiger partial charge on any atom is 0.139 e. The molecule has 0 radical (unpaired) electrons. The molecule has 4 heteroatoms. The molecule has 1 N–H and O–H groups in total. The standard InChI is InChI=1S/C15H17Cl2N.ClH/c1-12-4-2-8-18(11-12)9-3-5-13-6-7-14(16)10-15(13)17;/h6-7,10,12H,2,4,8-9,11H2,1H3;1H. The largest absolute Gasteiger partial charge is 1.00 e. The van der Waals surface area contributed by atoms with E-state index in [0.717, 1.165) is 18.0 Å². The van der Waals surface area contributed by atoms with E-state index >= 15 is 0 Å². The Bertz CT molecular complexity index is 476. The van der Waals surface area contributed by atoms with Crippen molar-refractivity contribution in [3.63, 3.8) is 0 Å². The van der Waals surface area contributed by atoms with Crippen LogP contribution < -0.4 is 17.3 Å². The van der Waals surface area contributed by atoms with Gasteiger partial charge in [0, 0.05) is 16.5 Å². The first-order valence-corrected chi connectivity index (χ1v) is 7.18. The van der Waals surface area contributed by atoms with E-state index in [1.807, 2.05) is 12.1 Å². The molecular formula is C15H18Cl3N. The Balaban J connectivity index is 0.00000180. The minimum Gasteiger partial charge on any atom is -1.00 e. The molecule has 1 nitrogen and oxygen atoms in total. The zero-order valence-electron chi connectivity index (χ0n) is 11.0. The van der Waals surface area contributed by atoms with Crippen LogP contribution in [0, 0.1) is 17.8 Å². The first-order valence-electron chi connectivity index (χ1n) is 6.42. The summed E-state index contributed by atoms with van der Waals surface area (Å²) in [5.74, 6) is 7.21. The van der Waals surface area contributed by atoms with E-state index in [0.29, 0.717) is 10.0 Å². The lowest BCUT2D eigenvalue weighted by Crippen LogP contribution is -3.13. The fourth-order valence-corrected chi connectivity index (χ4v) is 2.87. The highest BCUT2D eigenvalue weighted by atomic mass is 35.5. The van der Waals surface area contributed by atoms with Crippen molar-refractivity contribution in [1.29, 1.82) is 0 Å². The molecule has 0 aromatic heterocycles. The molecule has 1 aromatic carbocycles. The van der Waals surface area contributed by atoms with E-state index in [2.05, 4.69) is 18.8 Å². The zero-order chi connectivity index (χ0) is 13.0. The lowest BCUT2D eigenvalue weighted by molar-refractivity contribution is -0.901. The average Bonchev–Trinajstić information content (AvgIpc) is 2.32. The van der Waals surface area contributed by atoms with Crippen molar-refractivity contribution in [2.45, 2.75) is 19.8 Å². The van der Waals surface area contributed by atoms with Crippen molar-refractivity contribution >= 4 is 23.2 Å². The highest BCUT2D eigenvalue weighted by Gasteiger charge is 2.17. The summed E-state index contributed by atoms with van der Waals surface area (Å²) in [6.07, 6.45) is 2.68. The zero-order valence-corrected chi connectivity index (χ0v) is 13.2. The summed E-state index contributed by atoms with van der Waals surface area (Å²) < 4.78 is 0. The summed E-state index contributed by atoms with van der Waals surface area (Å²) in [6, 6.07) is 5.45. The molecule has 2 unspecified atom stereocenters. The quantitative estimate of drug-likeness (QED) is 0.676. The van der Waals surface area contributed by atoms with Crippen LogP contribution >= 0.6 is 23.2 Å². The third-order valence-corrected chi connectivity index (χ3v) is 3.90. The molecule has 19 heavy (non-hydrogen) atoms. The lowest BCUT2D eigenvalue weighted by Gasteiger charge is -2.26. The van der Waals surface area contributed by atoms with Gasteiger partial charge in [-0.3, -0.25) is 0 Å². The van der Waals surface area contributed by atoms with Crippen LogP contribution in [0.4, 0.5) is 0 Å². The van der Waals surface area contributed by atoms with E-state index < -0.39 is 0 Å². The van der Waals surface area contributed by atoms with Crippen molar-refractivity contribution in [1.82, 2.24) is 0 Å². The number of benzene rings is 1. The monoisotopic (exact) mass is 317 g/mol. The fraction of sp³-hybridized carbons (Fsp3) is 0.467. The van der Waals surface area contributed by atoms with Gasteiger partial charge in [-0.2, -0.15) is 0 Å². The smallest absolute Gasteiger partial charge is 0.139 e. The molecule has 0 aliphatic carbocycles. The van der Waals surface area contributed by atoms with Gasteiger partial charge in [-0.25, -0.2) is 0 Å². The molecule has 1 aliphatic heterocycles. The van der Waals surface area contributed by atoms with Crippen molar-refractivity contribution in [3.8, 4) is 11.8 Å². The summed E-state index contributed by atoms with van der Waals surface area (Å²) >= 11 is 11.9. The SMILES string of the molecule is CC1CCC[NH+](CC#Cc2ccc(Cl)cc2Cl)C1.[Cl-]. The Morgan fingerprint density at radius 2 is 2.16 bits per heavy atom. The predicted molar refractivity (Wildman–Crippen MR) is 77.3 cm³/mol. The van der Waals surface area contributed by atoms with Gasteiger partial charge in [-0.05, 0) is 37.0 Å². The minimum atomic E-state index is 0. The summed E-state index contributed by atoms with van der Waals surface area (Å²) in [6.45, 7) is 5.71. The topological polar surface area (TPSA) is 4.44 Å². The third-order valence-electron chi connectivity index (χ3n) is 3.36. The van der Waals surface area contributed by atoms with Crippen LogP contribution in [0.3, 0.4) is 0 Å². The van der Waals surface area contributed by atoms with Crippen LogP contribution in [-0.4, -0.2) is 19.6 Å². The molecule has 1 fully saturated rings. The van der Waals surface area contributed by atoms with Gasteiger partial charge in [0.05, 0.1) is 18.1 Å². The summed E-state index contributed by atoms with van der Waals surface area (Å²) in [7, 11) is 0. The maximum atomic E-state index is 6.08. The van der Waals surface area contributed by atoms with Crippen LogP contribution in [0.1, 0.15) is 25.3 Å². The normalized spacial score (nSPS) is 22.1. The molecular weight excluding hydrogens is 301 g/mol. The number of hydrogen-bond donors (Lipinski definition) is 1. The van der Waals surface area contributed by atoms with E-state index in [1.165, 1.54) is 25.9 Å². The number of piperidine rings is 1. The Kier molecular flexibility index (Phi) is 7.04. The van der Waals surface area contributed by atoms with Gasteiger partial charge >= 0.3 is 0 Å². The van der Waals surface area contributed by atoms with E-state index in [-0.39, 0.29) is 12.4 Å². The van der Waals surface area contributed by atoms with Gasteiger partial charge in [0.2, 0.25) is 0 Å². The fourth-order valence-electron chi connectivity index (χ4n) is 2.41. The molecule has 0 amide bonds. The minimum absolute atomic E-state index is 0. The summed E-state index contributed by atoms with van der Waals surface area (Å²) in [5, 5.41) is 1.29. The first kappa shape index (κ1) is 16.7. The van der Waals surface area contributed by atoms with Crippen LogP contribution in [0.15, 0.2) is 18.2 Å². The van der Waals surface area contributed by atoms with Gasteiger partial charge in [0.25, 0.3) is 0 Å². The molecule has 0 bridgehead atoms. The van der Waals surface area contributed by atoms with Crippen molar-refractivity contribution in [2.24, 2.45) is 5.92 Å². The van der Waals surface area contributed by atoms with Gasteiger partial charge in [-0.1, -0.05) is 36.0 Å². The Labute approximate surface area is 131 Å². The number of hydrogen-bond acceptors (Lipinski definition) is 0. The number of likely N-dealkylation sites (tertiary alicyclic amines) is 1. The van der Waals surface area contributed by atoms with Crippen molar-refractivity contribution in [2.75, 3.05) is 19.6 Å². The molecule has 0 saturated carbocycles. The molecule has 1 aromatic rings. The Morgan fingerprint density at radius 3 is 2.84 bits per heavy atom. The number of halogens is 3. The highest BCUT2D eigenvalue weighted by Crippen LogP contribution is 2.19. The summed E-state index contributed by atoms with van der Waals surface area (Å²) in [4.78, 5) is 1.59. The van der Waals surface area contributed by atoms with Crippen LogP contribution in [0.25, 0.3) is 0 Å². The lowest BCUT2D eigenvalue weighted by atomic mass is 10.0. The second kappa shape index (κ2) is 8.02. The molecule has 1 heterocycles. The first-order chi connectivity index (χ1) is 8.65. The molecule has 1 saturated heterocycles. The maximum absolute atomic E-state index is 6.08. The Hall–Kier alpha value is -0.390. The number of nitrogens with one attached hydrogen (secondary N) is 1. The highest BCUT2D eigenvalue weighted by molar-refractivity contribution is 6.35. The molecule has 104 valence electrons. The predicted octanol–water partition coefficient (Wildman–Crippen LogP) is -0.336. The van der Waals surface area contributed by atoms with Gasteiger partial charge in [-0.15, -0.1) is 0 Å². The number of rotatable bonds is 1. The van der Waals surface area contributed by atoms with Crippen molar-refractivity contribution < 1.29 is 17.3 Å². The van der Waals surface area contributed by atoms with E-state index in [9.17, 15) is 0 Å². The van der Waals surface area contributed by atoms with Crippen molar-refractivity contribution in [3.05, 3.63) is 33.8 Å². The molecule has 1 aliphatic rings. The summed E-state index contributed by atoms with van der Waals surface area (Å²) in [5.41, 5.74) is 0.866.